The second kappa shape index (κ2) is 24.4. The Morgan fingerprint density at radius 3 is 1.54 bits per heavy atom. The Morgan fingerprint density at radius 1 is 0.400 bits per heavy atom. The molecule has 6 aromatic heterocycles. The fraction of sp³-hybridized carbons (Fsp3) is 0.321. The van der Waals surface area contributed by atoms with E-state index in [1.807, 2.05) is 101 Å². The van der Waals surface area contributed by atoms with Gasteiger partial charge >= 0.3 is 0 Å². The Labute approximate surface area is 387 Å². The molecule has 0 aliphatic rings. The number of fused-ring (bicyclic) bond motifs is 4. The topological polar surface area (TPSA) is 76.2 Å². The van der Waals surface area contributed by atoms with Gasteiger partial charge in [0.15, 0.2) is 0 Å². The summed E-state index contributed by atoms with van der Waals surface area (Å²) in [6.45, 7) is 25.9. The van der Waals surface area contributed by atoms with Crippen LogP contribution in [0, 0.1) is 0 Å². The van der Waals surface area contributed by atoms with Crippen LogP contribution in [0.15, 0.2) is 177 Å². The Hall–Kier alpha value is -6.74. The van der Waals surface area contributed by atoms with E-state index in [0.717, 1.165) is 11.0 Å². The highest BCUT2D eigenvalue weighted by Crippen LogP contribution is 2.21. The summed E-state index contributed by atoms with van der Waals surface area (Å²) in [5.74, 6) is 0.553. The summed E-state index contributed by atoms with van der Waals surface area (Å²) in [6.07, 6.45) is 15.8. The number of imidazole rings is 1. The Kier molecular flexibility index (Phi) is 18.5. The zero-order valence-corrected chi connectivity index (χ0v) is 40.7. The van der Waals surface area contributed by atoms with Crippen LogP contribution in [0.1, 0.15) is 125 Å². The molecule has 10 aromatic rings. The molecule has 4 aromatic carbocycles. The van der Waals surface area contributed by atoms with Gasteiger partial charge in [-0.05, 0) is 147 Å². The maximum absolute atomic E-state index is 4.40. The highest BCUT2D eigenvalue weighted by molar-refractivity contribution is 5.80. The van der Waals surface area contributed by atoms with E-state index < -0.39 is 0 Å². The minimum atomic E-state index is 0.435. The van der Waals surface area contributed by atoms with E-state index in [0.29, 0.717) is 36.1 Å². The average molecular weight is 870 g/mol. The Morgan fingerprint density at radius 2 is 0.985 bits per heavy atom. The molecule has 0 saturated carbocycles. The largest absolute Gasteiger partial charge is 0.352 e. The van der Waals surface area contributed by atoms with Crippen molar-refractivity contribution in [2.75, 3.05) is 0 Å². The van der Waals surface area contributed by atoms with Crippen molar-refractivity contribution in [3.63, 3.8) is 0 Å². The molecule has 0 N–H and O–H groups in total. The first-order chi connectivity index (χ1) is 31.2. The predicted molar refractivity (Wildman–Crippen MR) is 276 cm³/mol. The Bertz CT molecular complexity index is 2630. The van der Waals surface area contributed by atoms with Crippen LogP contribution in [0.5, 0.6) is 0 Å². The lowest BCUT2D eigenvalue weighted by Crippen LogP contribution is -2.01. The van der Waals surface area contributed by atoms with Crippen LogP contribution in [-0.2, 0) is 0 Å². The van der Waals surface area contributed by atoms with E-state index in [4.69, 9.17) is 0 Å². The predicted octanol–water partition coefficient (Wildman–Crippen LogP) is 15.3. The SMILES string of the molecule is CC(C)c1cnc2ccccc2c1.CC(C)n1ccc2ccccc21.CC(C)n1cccc1.CC(C)n1cccn1.CC(C)n1cnc2ccccc21.CC(C)n1ncc2ccccc21. The third kappa shape index (κ3) is 14.1. The van der Waals surface area contributed by atoms with Crippen molar-refractivity contribution in [1.82, 2.24) is 43.2 Å². The van der Waals surface area contributed by atoms with E-state index in [1.165, 1.54) is 38.3 Å². The molecule has 0 spiro atoms. The lowest BCUT2D eigenvalue weighted by Gasteiger charge is -2.08. The normalized spacial score (nSPS) is 11.0. The molecule has 0 unspecified atom stereocenters. The first-order valence-corrected chi connectivity index (χ1v) is 23.1. The summed E-state index contributed by atoms with van der Waals surface area (Å²) in [5.41, 5.74) is 7.21. The van der Waals surface area contributed by atoms with Crippen LogP contribution in [-0.4, -0.2) is 43.2 Å². The number of rotatable bonds is 6. The molecular weight excluding hydrogens is 799 g/mol. The third-order valence-corrected chi connectivity index (χ3v) is 10.8. The van der Waals surface area contributed by atoms with Gasteiger partial charge in [-0.25, -0.2) is 4.98 Å². The first-order valence-electron chi connectivity index (χ1n) is 23.1. The zero-order chi connectivity index (χ0) is 46.9. The van der Waals surface area contributed by atoms with E-state index >= 15 is 0 Å². The number of hydrogen-bond acceptors (Lipinski definition) is 4. The van der Waals surface area contributed by atoms with E-state index in [2.05, 4.69) is 196 Å². The summed E-state index contributed by atoms with van der Waals surface area (Å²) in [5, 5.41) is 12.1. The van der Waals surface area contributed by atoms with E-state index in [9.17, 15) is 0 Å². The number of aromatic nitrogens is 9. The summed E-state index contributed by atoms with van der Waals surface area (Å²) >= 11 is 0. The van der Waals surface area contributed by atoms with Crippen molar-refractivity contribution < 1.29 is 0 Å². The molecule has 0 atom stereocenters. The highest BCUT2D eigenvalue weighted by Gasteiger charge is 2.05. The molecule has 9 nitrogen and oxygen atoms in total. The van der Waals surface area contributed by atoms with Gasteiger partial charge in [0.2, 0.25) is 0 Å². The molecule has 9 heteroatoms. The molecule has 0 aliphatic heterocycles. The van der Waals surface area contributed by atoms with Crippen molar-refractivity contribution in [1.29, 1.82) is 0 Å². The zero-order valence-electron chi connectivity index (χ0n) is 40.7. The number of para-hydroxylation sites is 5. The third-order valence-electron chi connectivity index (χ3n) is 10.8. The van der Waals surface area contributed by atoms with Crippen molar-refractivity contribution in [2.24, 2.45) is 0 Å². The van der Waals surface area contributed by atoms with Crippen molar-refractivity contribution in [3.8, 4) is 0 Å². The number of nitrogens with zero attached hydrogens (tertiary/aromatic N) is 9. The number of pyridine rings is 1. The highest BCUT2D eigenvalue weighted by atomic mass is 15.3. The van der Waals surface area contributed by atoms with Gasteiger partial charge in [0.1, 0.15) is 0 Å². The van der Waals surface area contributed by atoms with Gasteiger partial charge in [0.05, 0.1) is 34.6 Å². The molecular formula is C56H71N9. The molecule has 6 heterocycles. The molecule has 0 amide bonds. The van der Waals surface area contributed by atoms with Gasteiger partial charge in [-0.1, -0.05) is 80.6 Å². The fourth-order valence-electron chi connectivity index (χ4n) is 7.03. The second-order valence-electron chi connectivity index (χ2n) is 17.8. The molecule has 0 aliphatic carbocycles. The van der Waals surface area contributed by atoms with Crippen LogP contribution in [0.25, 0.3) is 43.7 Å². The number of hydrogen-bond donors (Lipinski definition) is 0. The van der Waals surface area contributed by atoms with Gasteiger partial charge in [0.25, 0.3) is 0 Å². The molecule has 0 fully saturated rings. The molecule has 340 valence electrons. The molecule has 10 rings (SSSR count). The summed E-state index contributed by atoms with van der Waals surface area (Å²) < 4.78 is 10.6. The van der Waals surface area contributed by atoms with E-state index in [1.54, 1.807) is 6.20 Å². The van der Waals surface area contributed by atoms with Crippen LogP contribution < -0.4 is 0 Å². The van der Waals surface area contributed by atoms with Gasteiger partial charge in [-0.15, -0.1) is 0 Å². The van der Waals surface area contributed by atoms with Crippen LogP contribution in [0.3, 0.4) is 0 Å². The van der Waals surface area contributed by atoms with Crippen LogP contribution in [0.4, 0.5) is 0 Å². The van der Waals surface area contributed by atoms with Crippen LogP contribution in [0.2, 0.25) is 0 Å². The van der Waals surface area contributed by atoms with Gasteiger partial charge in [0, 0.05) is 83.7 Å². The van der Waals surface area contributed by atoms with Crippen LogP contribution >= 0.6 is 0 Å². The smallest absolute Gasteiger partial charge is 0.0960 e. The van der Waals surface area contributed by atoms with Gasteiger partial charge < -0.3 is 13.7 Å². The molecule has 0 saturated heterocycles. The van der Waals surface area contributed by atoms with Gasteiger partial charge in [-0.3, -0.25) is 14.3 Å². The van der Waals surface area contributed by atoms with Gasteiger partial charge in [-0.2, -0.15) is 10.2 Å². The standard InChI is InChI=1S/C12H13N.C11H13N.2C10H12N2.C7H11N.C6H10N2/c1-9(2)11-7-10-5-3-4-6-12(10)13-8-11;1-9(2)12-8-7-10-5-3-4-6-11(10)12;1-8(2)12-7-11-9-5-3-4-6-10(9)12;1-8(2)12-10-6-4-3-5-9(10)7-11-12;1-7(2)8-5-3-4-6-8;1-6(2)8-5-3-4-7-8/h3-9H,1-2H3;3-9H,1-2H3;2*3-8H,1-2H3;3-7H,1-2H3;3-6H,1-2H3. The molecule has 0 bridgehead atoms. The molecule has 0 radical (unpaired) electrons. The maximum atomic E-state index is 4.40. The molecule has 65 heavy (non-hydrogen) atoms. The minimum absolute atomic E-state index is 0.435. The summed E-state index contributed by atoms with van der Waals surface area (Å²) in [4.78, 5) is 8.71. The Balaban J connectivity index is 0.000000148. The lowest BCUT2D eigenvalue weighted by molar-refractivity contribution is 0.532. The maximum Gasteiger partial charge on any atom is 0.0960 e. The summed E-state index contributed by atoms with van der Waals surface area (Å²) in [6, 6.07) is 46.1. The second-order valence-corrected chi connectivity index (χ2v) is 17.8. The minimum Gasteiger partial charge on any atom is -0.352 e. The van der Waals surface area contributed by atoms with Crippen molar-refractivity contribution in [2.45, 2.75) is 119 Å². The number of benzene rings is 4. The average Bonchev–Trinajstić information content (AvgIpc) is 4.16. The quantitative estimate of drug-likeness (QED) is 0.167. The first kappa shape index (κ1) is 49.3. The lowest BCUT2D eigenvalue weighted by atomic mass is 10.0. The fourth-order valence-corrected chi connectivity index (χ4v) is 7.03. The van der Waals surface area contributed by atoms with Crippen molar-refractivity contribution >= 4 is 43.7 Å². The van der Waals surface area contributed by atoms with E-state index in [-0.39, 0.29) is 0 Å². The monoisotopic (exact) mass is 870 g/mol. The van der Waals surface area contributed by atoms with Crippen molar-refractivity contribution in [3.05, 3.63) is 183 Å². The summed E-state index contributed by atoms with van der Waals surface area (Å²) in [7, 11) is 0.